The minimum atomic E-state index is -0.237. The van der Waals surface area contributed by atoms with Crippen LogP contribution in [-0.2, 0) is 9.53 Å². The topological polar surface area (TPSA) is 49.8 Å². The zero-order valence-electron chi connectivity index (χ0n) is 14.6. The van der Waals surface area contributed by atoms with Crippen molar-refractivity contribution in [3.63, 3.8) is 0 Å². The van der Waals surface area contributed by atoms with Gasteiger partial charge in [-0.15, -0.1) is 0 Å². The second kappa shape index (κ2) is 7.52. The van der Waals surface area contributed by atoms with Crippen LogP contribution in [0.2, 0.25) is 0 Å². The van der Waals surface area contributed by atoms with Gasteiger partial charge in [-0.2, -0.15) is 0 Å². The Balaban J connectivity index is 1.44. The van der Waals surface area contributed by atoms with Crippen molar-refractivity contribution in [3.8, 4) is 0 Å². The summed E-state index contributed by atoms with van der Waals surface area (Å²) in [5.74, 6) is 1.10. The quantitative estimate of drug-likeness (QED) is 0.845. The molecule has 3 rings (SSSR count). The summed E-state index contributed by atoms with van der Waals surface area (Å²) in [7, 11) is 0. The van der Waals surface area contributed by atoms with Crippen LogP contribution in [0, 0.1) is 11.3 Å². The summed E-state index contributed by atoms with van der Waals surface area (Å²) < 4.78 is 5.80. The van der Waals surface area contributed by atoms with Gasteiger partial charge in [-0.25, -0.2) is 0 Å². The van der Waals surface area contributed by atoms with E-state index in [0.29, 0.717) is 12.5 Å². The first-order chi connectivity index (χ1) is 11.2. The Kier molecular flexibility index (Phi) is 5.63. The average molecular weight is 323 g/mol. The predicted molar refractivity (Wildman–Crippen MR) is 90.1 cm³/mol. The molecular weight excluding hydrogens is 290 g/mol. The average Bonchev–Trinajstić information content (AvgIpc) is 2.60. The van der Waals surface area contributed by atoms with Crippen LogP contribution in [-0.4, -0.2) is 47.8 Å². The summed E-state index contributed by atoms with van der Waals surface area (Å²) in [4.78, 5) is 14.5. The van der Waals surface area contributed by atoms with Gasteiger partial charge in [-0.05, 0) is 32.1 Å². The van der Waals surface area contributed by atoms with E-state index < -0.39 is 0 Å². The molecular formula is C19H33NO3. The highest BCUT2D eigenvalue weighted by atomic mass is 16.5. The molecule has 0 aromatic carbocycles. The van der Waals surface area contributed by atoms with E-state index in [1.54, 1.807) is 0 Å². The van der Waals surface area contributed by atoms with Crippen molar-refractivity contribution in [3.05, 3.63) is 0 Å². The van der Waals surface area contributed by atoms with E-state index in [2.05, 4.69) is 0 Å². The van der Waals surface area contributed by atoms with Crippen molar-refractivity contribution in [2.24, 2.45) is 11.3 Å². The largest absolute Gasteiger partial charge is 0.392 e. The summed E-state index contributed by atoms with van der Waals surface area (Å²) >= 11 is 0. The highest BCUT2D eigenvalue weighted by molar-refractivity contribution is 5.76. The molecule has 1 amide bonds. The first-order valence-electron chi connectivity index (χ1n) is 9.73. The van der Waals surface area contributed by atoms with E-state index in [4.69, 9.17) is 4.74 Å². The minimum Gasteiger partial charge on any atom is -0.392 e. The first kappa shape index (κ1) is 17.2. The van der Waals surface area contributed by atoms with Crippen molar-refractivity contribution in [1.82, 2.24) is 4.90 Å². The molecule has 0 aromatic rings. The number of amides is 1. The van der Waals surface area contributed by atoms with Crippen molar-refractivity contribution >= 4 is 5.91 Å². The highest BCUT2D eigenvalue weighted by Crippen LogP contribution is 2.51. The Labute approximate surface area is 140 Å². The van der Waals surface area contributed by atoms with Gasteiger partial charge >= 0.3 is 0 Å². The second-order valence-electron chi connectivity index (χ2n) is 7.85. The molecule has 4 nitrogen and oxygen atoms in total. The fourth-order valence-electron chi connectivity index (χ4n) is 4.95. The van der Waals surface area contributed by atoms with Crippen LogP contribution >= 0.6 is 0 Å². The normalized spacial score (nSPS) is 31.1. The van der Waals surface area contributed by atoms with E-state index in [1.807, 2.05) is 11.8 Å². The second-order valence-corrected chi connectivity index (χ2v) is 7.85. The maximum absolute atomic E-state index is 12.5. The maximum Gasteiger partial charge on any atom is 0.222 e. The number of piperidine rings is 1. The predicted octanol–water partition coefficient (Wildman–Crippen LogP) is 3.13. The van der Waals surface area contributed by atoms with Crippen LogP contribution in [0.1, 0.15) is 71.1 Å². The summed E-state index contributed by atoms with van der Waals surface area (Å²) in [5.41, 5.74) is -0.0733. The van der Waals surface area contributed by atoms with Crippen LogP contribution in [0.25, 0.3) is 0 Å². The van der Waals surface area contributed by atoms with Crippen molar-refractivity contribution in [1.29, 1.82) is 0 Å². The molecule has 3 aliphatic rings. The Hall–Kier alpha value is -0.610. The third kappa shape index (κ3) is 3.58. The van der Waals surface area contributed by atoms with Crippen LogP contribution in [0.5, 0.6) is 0 Å². The third-order valence-corrected chi connectivity index (χ3v) is 6.65. The zero-order chi connectivity index (χ0) is 16.3. The van der Waals surface area contributed by atoms with Crippen LogP contribution in [0.4, 0.5) is 0 Å². The first-order valence-corrected chi connectivity index (χ1v) is 9.73. The molecule has 23 heavy (non-hydrogen) atoms. The lowest BCUT2D eigenvalue weighted by atomic mass is 9.58. The summed E-state index contributed by atoms with van der Waals surface area (Å²) in [6.07, 6.45) is 11.0. The molecule has 132 valence electrons. The molecule has 1 heterocycles. The number of aliphatic hydroxyl groups excluding tert-OH is 1. The van der Waals surface area contributed by atoms with Crippen molar-refractivity contribution < 1.29 is 14.6 Å². The number of hydrogen-bond donors (Lipinski definition) is 1. The van der Waals surface area contributed by atoms with E-state index in [-0.39, 0.29) is 17.6 Å². The SMILES string of the molecule is CCOC1CC(O)C12CCN(C(=O)CCC1CCCCC1)CC2. The molecule has 1 spiro atoms. The lowest BCUT2D eigenvalue weighted by Crippen LogP contribution is -2.62. The number of rotatable bonds is 5. The van der Waals surface area contributed by atoms with E-state index in [9.17, 15) is 9.90 Å². The van der Waals surface area contributed by atoms with Gasteiger partial charge in [0.05, 0.1) is 12.2 Å². The number of nitrogens with zero attached hydrogens (tertiary/aromatic N) is 1. The number of ether oxygens (including phenoxy) is 1. The number of hydrogen-bond acceptors (Lipinski definition) is 3. The molecule has 2 atom stereocenters. The molecule has 1 aliphatic heterocycles. The molecule has 2 unspecified atom stereocenters. The maximum atomic E-state index is 12.5. The molecule has 0 aromatic heterocycles. The van der Waals surface area contributed by atoms with Gasteiger partial charge < -0.3 is 14.7 Å². The summed E-state index contributed by atoms with van der Waals surface area (Å²) in [6.45, 7) is 4.32. The number of aliphatic hydroxyl groups is 1. The summed E-state index contributed by atoms with van der Waals surface area (Å²) in [6, 6.07) is 0. The lowest BCUT2D eigenvalue weighted by Gasteiger charge is -2.56. The van der Waals surface area contributed by atoms with Gasteiger partial charge in [0.1, 0.15) is 0 Å². The highest BCUT2D eigenvalue weighted by Gasteiger charge is 2.56. The lowest BCUT2D eigenvalue weighted by molar-refractivity contribution is -0.210. The van der Waals surface area contributed by atoms with Crippen LogP contribution < -0.4 is 0 Å². The molecule has 3 fully saturated rings. The Morgan fingerprint density at radius 3 is 2.52 bits per heavy atom. The van der Waals surface area contributed by atoms with E-state index in [1.165, 1.54) is 32.1 Å². The monoisotopic (exact) mass is 323 g/mol. The molecule has 2 aliphatic carbocycles. The van der Waals surface area contributed by atoms with Gasteiger partial charge in [-0.1, -0.05) is 32.1 Å². The Morgan fingerprint density at radius 1 is 1.22 bits per heavy atom. The number of likely N-dealkylation sites (tertiary alicyclic amines) is 1. The Morgan fingerprint density at radius 2 is 1.91 bits per heavy atom. The third-order valence-electron chi connectivity index (χ3n) is 6.65. The van der Waals surface area contributed by atoms with Gasteiger partial charge in [0.15, 0.2) is 0 Å². The zero-order valence-corrected chi connectivity index (χ0v) is 14.6. The van der Waals surface area contributed by atoms with E-state index >= 15 is 0 Å². The fourth-order valence-corrected chi connectivity index (χ4v) is 4.95. The van der Waals surface area contributed by atoms with Crippen molar-refractivity contribution in [2.45, 2.75) is 83.3 Å². The molecule has 0 bridgehead atoms. The molecule has 0 radical (unpaired) electrons. The van der Waals surface area contributed by atoms with Crippen LogP contribution in [0.15, 0.2) is 0 Å². The molecule has 1 saturated heterocycles. The smallest absolute Gasteiger partial charge is 0.222 e. The molecule has 4 heteroatoms. The van der Waals surface area contributed by atoms with Crippen molar-refractivity contribution in [2.75, 3.05) is 19.7 Å². The van der Waals surface area contributed by atoms with E-state index in [0.717, 1.165) is 51.1 Å². The van der Waals surface area contributed by atoms with Gasteiger partial charge in [0.2, 0.25) is 5.91 Å². The Bertz CT molecular complexity index is 395. The van der Waals surface area contributed by atoms with Crippen LogP contribution in [0.3, 0.4) is 0 Å². The van der Waals surface area contributed by atoms with Gasteiger partial charge in [0.25, 0.3) is 0 Å². The van der Waals surface area contributed by atoms with Gasteiger partial charge in [0, 0.05) is 38.0 Å². The number of carbonyl (C=O) groups is 1. The minimum absolute atomic E-state index is 0.0733. The standard InChI is InChI=1S/C19H33NO3/c1-2-23-17-14-16(21)19(17)10-12-20(13-11-19)18(22)9-8-15-6-4-3-5-7-15/h15-17,21H,2-14H2,1H3. The number of carbonyl (C=O) groups excluding carboxylic acids is 1. The van der Waals surface area contributed by atoms with Gasteiger partial charge in [-0.3, -0.25) is 4.79 Å². The molecule has 1 N–H and O–H groups in total. The molecule has 2 saturated carbocycles. The fraction of sp³-hybridized carbons (Fsp3) is 0.947. The summed E-state index contributed by atoms with van der Waals surface area (Å²) in [5, 5.41) is 10.2.